The number of esters is 1. The molecule has 0 aliphatic heterocycles. The fourth-order valence-corrected chi connectivity index (χ4v) is 2.20. The number of carbonyl (C=O) groups is 2. The van der Waals surface area contributed by atoms with E-state index in [-0.39, 0.29) is 6.61 Å². The first kappa shape index (κ1) is 16.7. The topological polar surface area (TPSA) is 81.4 Å². The number of nitrogens with zero attached hydrogens (tertiary/aromatic N) is 1. The van der Waals surface area contributed by atoms with Gasteiger partial charge in [0.15, 0.2) is 18.8 Å². The van der Waals surface area contributed by atoms with E-state index in [1.807, 2.05) is 0 Å². The fourth-order valence-electron chi connectivity index (χ4n) is 2.07. The van der Waals surface area contributed by atoms with Crippen molar-refractivity contribution >= 4 is 29.2 Å². The van der Waals surface area contributed by atoms with Crippen molar-refractivity contribution in [2.45, 2.75) is 0 Å². The monoisotopic (exact) mass is 356 g/mol. The zero-order chi connectivity index (χ0) is 17.6. The van der Waals surface area contributed by atoms with Crippen LogP contribution in [0.25, 0.3) is 11.3 Å². The highest BCUT2D eigenvalue weighted by molar-refractivity contribution is 6.30. The van der Waals surface area contributed by atoms with Crippen LogP contribution in [-0.4, -0.2) is 23.5 Å². The van der Waals surface area contributed by atoms with Gasteiger partial charge in [-0.25, -0.2) is 9.78 Å². The predicted molar refractivity (Wildman–Crippen MR) is 92.3 cm³/mol. The summed E-state index contributed by atoms with van der Waals surface area (Å²) in [4.78, 5) is 27.6. The van der Waals surface area contributed by atoms with Gasteiger partial charge in [-0.3, -0.25) is 4.79 Å². The number of hydrogen-bond acceptors (Lipinski definition) is 5. The SMILES string of the molecule is O=C(COC(=O)c1ccc(-c2cnco2)cc1)Nc1ccc(Cl)cc1. The largest absolute Gasteiger partial charge is 0.452 e. The summed E-state index contributed by atoms with van der Waals surface area (Å²) in [5.41, 5.74) is 1.69. The molecule has 25 heavy (non-hydrogen) atoms. The van der Waals surface area contributed by atoms with Crippen molar-refractivity contribution in [2.75, 3.05) is 11.9 Å². The summed E-state index contributed by atoms with van der Waals surface area (Å²) in [5.74, 6) is -0.424. The maximum absolute atomic E-state index is 12.0. The van der Waals surface area contributed by atoms with Crippen LogP contribution in [0.1, 0.15) is 10.4 Å². The van der Waals surface area contributed by atoms with E-state index in [1.165, 1.54) is 6.39 Å². The van der Waals surface area contributed by atoms with Gasteiger partial charge in [-0.05, 0) is 36.4 Å². The number of aromatic nitrogens is 1. The molecule has 1 amide bonds. The maximum Gasteiger partial charge on any atom is 0.338 e. The van der Waals surface area contributed by atoms with Gasteiger partial charge in [0.25, 0.3) is 5.91 Å². The highest BCUT2D eigenvalue weighted by Crippen LogP contribution is 2.19. The third-order valence-corrected chi connectivity index (χ3v) is 3.55. The van der Waals surface area contributed by atoms with Crippen LogP contribution in [0.2, 0.25) is 5.02 Å². The molecule has 0 atom stereocenters. The van der Waals surface area contributed by atoms with E-state index in [0.717, 1.165) is 5.56 Å². The van der Waals surface area contributed by atoms with Crippen molar-refractivity contribution in [2.24, 2.45) is 0 Å². The third-order valence-electron chi connectivity index (χ3n) is 3.30. The number of oxazole rings is 1. The average Bonchev–Trinajstić information content (AvgIpc) is 3.16. The molecule has 0 aliphatic rings. The molecular weight excluding hydrogens is 344 g/mol. The molecule has 3 aromatic rings. The molecule has 2 aromatic carbocycles. The molecule has 0 fully saturated rings. The van der Waals surface area contributed by atoms with E-state index in [9.17, 15) is 9.59 Å². The van der Waals surface area contributed by atoms with E-state index in [1.54, 1.807) is 54.7 Å². The van der Waals surface area contributed by atoms with Crippen molar-refractivity contribution in [3.8, 4) is 11.3 Å². The number of ether oxygens (including phenoxy) is 1. The molecule has 0 unspecified atom stereocenters. The van der Waals surface area contributed by atoms with Crippen molar-refractivity contribution < 1.29 is 18.7 Å². The van der Waals surface area contributed by atoms with E-state index < -0.39 is 11.9 Å². The lowest BCUT2D eigenvalue weighted by atomic mass is 10.1. The number of carbonyl (C=O) groups excluding carboxylic acids is 2. The van der Waals surface area contributed by atoms with Gasteiger partial charge < -0.3 is 14.5 Å². The molecule has 7 heteroatoms. The van der Waals surface area contributed by atoms with Gasteiger partial charge in [-0.2, -0.15) is 0 Å². The molecule has 1 N–H and O–H groups in total. The molecular formula is C18H13ClN2O4. The highest BCUT2D eigenvalue weighted by Gasteiger charge is 2.11. The molecule has 0 aliphatic carbocycles. The van der Waals surface area contributed by atoms with E-state index >= 15 is 0 Å². The van der Waals surface area contributed by atoms with Crippen LogP contribution >= 0.6 is 11.6 Å². The lowest BCUT2D eigenvalue weighted by molar-refractivity contribution is -0.119. The Bertz CT molecular complexity index is 859. The Kier molecular flexibility index (Phi) is 5.11. The van der Waals surface area contributed by atoms with Crippen LogP contribution in [-0.2, 0) is 9.53 Å². The number of halogens is 1. The first-order chi connectivity index (χ1) is 12.1. The molecule has 3 rings (SSSR count). The average molecular weight is 357 g/mol. The van der Waals surface area contributed by atoms with Crippen molar-refractivity contribution in [1.29, 1.82) is 0 Å². The van der Waals surface area contributed by atoms with Crippen LogP contribution in [0.3, 0.4) is 0 Å². The Morgan fingerprint density at radius 2 is 1.80 bits per heavy atom. The Morgan fingerprint density at radius 3 is 2.44 bits per heavy atom. The van der Waals surface area contributed by atoms with Gasteiger partial charge in [0.1, 0.15) is 0 Å². The zero-order valence-electron chi connectivity index (χ0n) is 12.9. The van der Waals surface area contributed by atoms with Gasteiger partial charge in [-0.15, -0.1) is 0 Å². The second-order valence-corrected chi connectivity index (χ2v) is 5.51. The molecule has 126 valence electrons. The van der Waals surface area contributed by atoms with Gasteiger partial charge >= 0.3 is 5.97 Å². The van der Waals surface area contributed by atoms with Gasteiger partial charge in [-0.1, -0.05) is 23.7 Å². The minimum absolute atomic E-state index is 0.336. The number of hydrogen-bond donors (Lipinski definition) is 1. The second kappa shape index (κ2) is 7.63. The van der Waals surface area contributed by atoms with Gasteiger partial charge in [0, 0.05) is 16.3 Å². The van der Waals surface area contributed by atoms with E-state index in [4.69, 9.17) is 20.8 Å². The van der Waals surface area contributed by atoms with Gasteiger partial charge in [0.2, 0.25) is 0 Å². The standard InChI is InChI=1S/C18H13ClN2O4/c19-14-5-7-15(8-6-14)21-17(22)10-24-18(23)13-3-1-12(2-4-13)16-9-20-11-25-16/h1-9,11H,10H2,(H,21,22). The summed E-state index contributed by atoms with van der Waals surface area (Å²) in [6.07, 6.45) is 2.91. The third kappa shape index (κ3) is 4.45. The van der Waals surface area contributed by atoms with E-state index in [2.05, 4.69) is 10.3 Å². The van der Waals surface area contributed by atoms with Crippen molar-refractivity contribution in [3.05, 3.63) is 71.7 Å². The molecule has 0 radical (unpaired) electrons. The maximum atomic E-state index is 12.0. The number of nitrogens with one attached hydrogen (secondary N) is 1. The highest BCUT2D eigenvalue weighted by atomic mass is 35.5. The van der Waals surface area contributed by atoms with Crippen LogP contribution in [0.4, 0.5) is 5.69 Å². The van der Waals surface area contributed by atoms with Crippen molar-refractivity contribution in [1.82, 2.24) is 4.98 Å². The fraction of sp³-hybridized carbons (Fsp3) is 0.0556. The summed E-state index contributed by atoms with van der Waals surface area (Å²) in [7, 11) is 0. The van der Waals surface area contributed by atoms with Crippen LogP contribution in [0, 0.1) is 0 Å². The van der Waals surface area contributed by atoms with Crippen LogP contribution < -0.4 is 5.32 Å². The zero-order valence-corrected chi connectivity index (χ0v) is 13.7. The molecule has 1 aromatic heterocycles. The summed E-state index contributed by atoms with van der Waals surface area (Å²) in [5, 5.41) is 3.18. The molecule has 6 nitrogen and oxygen atoms in total. The molecule has 1 heterocycles. The minimum atomic E-state index is -0.588. The normalized spacial score (nSPS) is 10.3. The molecule has 0 saturated heterocycles. The summed E-state index contributed by atoms with van der Waals surface area (Å²) >= 11 is 5.77. The van der Waals surface area contributed by atoms with Crippen LogP contribution in [0.5, 0.6) is 0 Å². The Morgan fingerprint density at radius 1 is 1.08 bits per heavy atom. The van der Waals surface area contributed by atoms with Gasteiger partial charge in [0.05, 0.1) is 11.8 Å². The van der Waals surface area contributed by atoms with E-state index in [0.29, 0.717) is 22.0 Å². The predicted octanol–water partition coefficient (Wildman–Crippen LogP) is 3.79. The number of benzene rings is 2. The Hall–Kier alpha value is -3.12. The summed E-state index contributed by atoms with van der Waals surface area (Å²) in [6, 6.07) is 13.2. The minimum Gasteiger partial charge on any atom is -0.452 e. The first-order valence-electron chi connectivity index (χ1n) is 7.33. The number of rotatable bonds is 5. The lowest BCUT2D eigenvalue weighted by Crippen LogP contribution is -2.20. The number of amides is 1. The Labute approximate surface area is 148 Å². The quantitative estimate of drug-likeness (QED) is 0.703. The molecule has 0 spiro atoms. The smallest absolute Gasteiger partial charge is 0.338 e. The van der Waals surface area contributed by atoms with Crippen molar-refractivity contribution in [3.63, 3.8) is 0 Å². The number of anilines is 1. The second-order valence-electron chi connectivity index (χ2n) is 5.07. The van der Waals surface area contributed by atoms with Crippen LogP contribution in [0.15, 0.2) is 65.5 Å². The Balaban J connectivity index is 1.53. The first-order valence-corrected chi connectivity index (χ1v) is 7.71. The molecule has 0 bridgehead atoms. The molecule has 0 saturated carbocycles. The summed E-state index contributed by atoms with van der Waals surface area (Å²) in [6.45, 7) is -0.384. The lowest BCUT2D eigenvalue weighted by Gasteiger charge is -2.07. The summed E-state index contributed by atoms with van der Waals surface area (Å²) < 4.78 is 10.2.